The van der Waals surface area contributed by atoms with Crippen LogP contribution in [-0.4, -0.2) is 55.7 Å². The van der Waals surface area contributed by atoms with Gasteiger partial charge in [-0.15, -0.1) is 0 Å². The van der Waals surface area contributed by atoms with E-state index in [1.165, 1.54) is 19.3 Å². The molecule has 6 nitrogen and oxygen atoms in total. The Hall–Kier alpha value is -0.660. The lowest BCUT2D eigenvalue weighted by Crippen LogP contribution is -2.63. The molecule has 0 spiro atoms. The Balaban J connectivity index is 1.92. The van der Waals surface area contributed by atoms with E-state index in [1.807, 2.05) is 0 Å². The molecule has 7 heteroatoms. The second-order valence-electron chi connectivity index (χ2n) is 7.86. The Bertz CT molecular complexity index is 515. The number of hydrogen-bond donors (Lipinski definition) is 2. The summed E-state index contributed by atoms with van der Waals surface area (Å²) < 4.78 is 26.7. The van der Waals surface area contributed by atoms with Gasteiger partial charge < -0.3 is 10.2 Å². The van der Waals surface area contributed by atoms with Crippen molar-refractivity contribution in [2.45, 2.75) is 69.6 Å². The van der Waals surface area contributed by atoms with Gasteiger partial charge >= 0.3 is 0 Å². The molecule has 23 heavy (non-hydrogen) atoms. The van der Waals surface area contributed by atoms with Gasteiger partial charge in [0.05, 0.1) is 0 Å². The monoisotopic (exact) mass is 345 g/mol. The molecular weight excluding hydrogens is 314 g/mol. The van der Waals surface area contributed by atoms with Crippen molar-refractivity contribution in [3.8, 4) is 0 Å². The molecule has 2 N–H and O–H groups in total. The van der Waals surface area contributed by atoms with Gasteiger partial charge in [-0.3, -0.25) is 4.79 Å². The van der Waals surface area contributed by atoms with E-state index in [9.17, 15) is 13.2 Å². The first kappa shape index (κ1) is 18.7. The Morgan fingerprint density at radius 3 is 2.17 bits per heavy atom. The third-order valence-corrected chi connectivity index (χ3v) is 7.20. The van der Waals surface area contributed by atoms with Crippen LogP contribution >= 0.6 is 0 Å². The van der Waals surface area contributed by atoms with Crippen LogP contribution in [0.1, 0.15) is 59.3 Å². The molecule has 0 aromatic rings. The van der Waals surface area contributed by atoms with Gasteiger partial charge in [-0.25, -0.2) is 13.1 Å². The number of sulfonamides is 1. The third-order valence-electron chi connectivity index (χ3n) is 4.69. The number of amides is 1. The fourth-order valence-corrected chi connectivity index (χ4v) is 5.43. The molecule has 0 atom stereocenters. The fourth-order valence-electron chi connectivity index (χ4n) is 3.29. The van der Waals surface area contributed by atoms with E-state index < -0.39 is 20.3 Å². The minimum atomic E-state index is -3.67. The Labute approximate surface area is 140 Å². The predicted octanol–water partition coefficient (Wildman–Crippen LogP) is 1.23. The van der Waals surface area contributed by atoms with Crippen molar-refractivity contribution in [2.75, 3.05) is 26.2 Å². The van der Waals surface area contributed by atoms with Gasteiger partial charge in [0.25, 0.3) is 0 Å². The summed E-state index contributed by atoms with van der Waals surface area (Å²) in [4.78, 5) is 14.9. The van der Waals surface area contributed by atoms with Crippen LogP contribution in [0.5, 0.6) is 0 Å². The van der Waals surface area contributed by atoms with Gasteiger partial charge in [0.2, 0.25) is 15.9 Å². The molecule has 134 valence electrons. The van der Waals surface area contributed by atoms with Gasteiger partial charge in [0, 0.05) is 18.6 Å². The minimum absolute atomic E-state index is 0.336. The maximum absolute atomic E-state index is 12.7. The topological polar surface area (TPSA) is 78.5 Å². The first-order chi connectivity index (χ1) is 10.7. The van der Waals surface area contributed by atoms with Crippen molar-refractivity contribution in [1.82, 2.24) is 14.9 Å². The number of likely N-dealkylation sites (tertiary alicyclic amines) is 1. The van der Waals surface area contributed by atoms with Crippen LogP contribution in [0.25, 0.3) is 0 Å². The Kier molecular flexibility index (Phi) is 5.74. The van der Waals surface area contributed by atoms with Crippen LogP contribution in [-0.2, 0) is 14.8 Å². The van der Waals surface area contributed by atoms with Crippen molar-refractivity contribution in [3.63, 3.8) is 0 Å². The lowest BCUT2D eigenvalue weighted by molar-refractivity contribution is -0.125. The minimum Gasteiger partial charge on any atom is -0.353 e. The lowest BCUT2D eigenvalue weighted by Gasteiger charge is -2.41. The molecule has 1 saturated carbocycles. The maximum atomic E-state index is 12.7. The van der Waals surface area contributed by atoms with E-state index in [0.717, 1.165) is 26.1 Å². The average molecular weight is 346 g/mol. The number of hydrogen-bond acceptors (Lipinski definition) is 4. The van der Waals surface area contributed by atoms with Crippen molar-refractivity contribution < 1.29 is 13.2 Å². The smallest absolute Gasteiger partial charge is 0.242 e. The Morgan fingerprint density at radius 2 is 1.70 bits per heavy atom. The molecule has 1 amide bonds. The van der Waals surface area contributed by atoms with Gasteiger partial charge in [-0.2, -0.15) is 0 Å². The summed E-state index contributed by atoms with van der Waals surface area (Å²) in [6.45, 7) is 8.86. The van der Waals surface area contributed by atoms with Crippen molar-refractivity contribution in [3.05, 3.63) is 0 Å². The van der Waals surface area contributed by atoms with E-state index in [-0.39, 0.29) is 5.91 Å². The van der Waals surface area contributed by atoms with E-state index in [2.05, 4.69) is 14.9 Å². The highest BCUT2D eigenvalue weighted by atomic mass is 32.2. The molecule has 0 unspecified atom stereocenters. The number of carbonyl (C=O) groups is 1. The normalized spacial score (nSPS) is 22.4. The Morgan fingerprint density at radius 1 is 1.09 bits per heavy atom. The molecule has 0 aromatic carbocycles. The van der Waals surface area contributed by atoms with E-state index in [4.69, 9.17) is 0 Å². The zero-order chi connectivity index (χ0) is 17.1. The summed E-state index contributed by atoms with van der Waals surface area (Å²) in [5.74, 6) is -0.336. The molecule has 2 aliphatic rings. The first-order valence-electron chi connectivity index (χ1n) is 8.71. The van der Waals surface area contributed by atoms with Crippen molar-refractivity contribution in [2.24, 2.45) is 0 Å². The third kappa shape index (κ3) is 4.45. The molecular formula is C16H31N3O3S. The molecule has 1 heterocycles. The second-order valence-corrected chi connectivity index (χ2v) is 9.85. The number of nitrogens with zero attached hydrogens (tertiary/aromatic N) is 1. The number of nitrogens with one attached hydrogen (secondary N) is 2. The van der Waals surface area contributed by atoms with Crippen LogP contribution in [0.4, 0.5) is 0 Å². The zero-order valence-corrected chi connectivity index (χ0v) is 15.5. The highest BCUT2D eigenvalue weighted by Gasteiger charge is 2.55. The predicted molar refractivity (Wildman–Crippen MR) is 91.7 cm³/mol. The summed E-state index contributed by atoms with van der Waals surface area (Å²) in [5.41, 5.74) is -0.574. The maximum Gasteiger partial charge on any atom is 0.242 e. The summed E-state index contributed by atoms with van der Waals surface area (Å²) >= 11 is 0. The molecule has 2 fully saturated rings. The standard InChI is InChI=1S/C16H31N3O3S/c1-15(2,3)18-23(21,22)16(8-7-9-16)14(20)17-10-13-19-11-5-4-6-12-19/h18H,4-13H2,1-3H3,(H,17,20). The van der Waals surface area contributed by atoms with Crippen LogP contribution in [0.15, 0.2) is 0 Å². The van der Waals surface area contributed by atoms with E-state index in [0.29, 0.717) is 19.4 Å². The SMILES string of the molecule is CC(C)(C)NS(=O)(=O)C1(C(=O)NCCN2CCCCC2)CCC1. The number of carbonyl (C=O) groups excluding carboxylic acids is 1. The number of rotatable bonds is 6. The highest BCUT2D eigenvalue weighted by Crippen LogP contribution is 2.39. The van der Waals surface area contributed by atoms with Crippen LogP contribution in [0.2, 0.25) is 0 Å². The van der Waals surface area contributed by atoms with Gasteiger partial charge in [0.15, 0.2) is 4.75 Å². The van der Waals surface area contributed by atoms with Crippen LogP contribution < -0.4 is 10.0 Å². The summed E-state index contributed by atoms with van der Waals surface area (Å²) in [5, 5.41) is 2.86. The van der Waals surface area contributed by atoms with E-state index >= 15 is 0 Å². The zero-order valence-electron chi connectivity index (χ0n) is 14.7. The lowest BCUT2D eigenvalue weighted by atomic mass is 9.83. The molecule has 0 radical (unpaired) electrons. The summed E-state index contributed by atoms with van der Waals surface area (Å²) in [7, 11) is -3.67. The van der Waals surface area contributed by atoms with E-state index in [1.54, 1.807) is 20.8 Å². The molecule has 2 rings (SSSR count). The summed E-state index contributed by atoms with van der Waals surface area (Å²) in [6.07, 6.45) is 5.30. The summed E-state index contributed by atoms with van der Waals surface area (Å²) in [6, 6.07) is 0. The molecule has 0 bridgehead atoms. The van der Waals surface area contributed by atoms with Crippen LogP contribution in [0.3, 0.4) is 0 Å². The van der Waals surface area contributed by atoms with Crippen molar-refractivity contribution in [1.29, 1.82) is 0 Å². The van der Waals surface area contributed by atoms with Crippen molar-refractivity contribution >= 4 is 15.9 Å². The van der Waals surface area contributed by atoms with Gasteiger partial charge in [0.1, 0.15) is 0 Å². The largest absolute Gasteiger partial charge is 0.353 e. The quantitative estimate of drug-likeness (QED) is 0.759. The molecule has 1 saturated heterocycles. The molecule has 1 aliphatic carbocycles. The first-order valence-corrected chi connectivity index (χ1v) is 10.2. The van der Waals surface area contributed by atoms with Crippen LogP contribution in [0, 0.1) is 0 Å². The molecule has 1 aliphatic heterocycles. The average Bonchev–Trinajstić information content (AvgIpc) is 2.35. The highest BCUT2D eigenvalue weighted by molar-refractivity contribution is 7.91. The second kappa shape index (κ2) is 7.07. The van der Waals surface area contributed by atoms with Gasteiger partial charge in [-0.05, 0) is 66.0 Å². The van der Waals surface area contributed by atoms with Gasteiger partial charge in [-0.1, -0.05) is 6.42 Å². The number of piperidine rings is 1. The fraction of sp³-hybridized carbons (Fsp3) is 0.938. The molecule has 0 aromatic heterocycles.